The van der Waals surface area contributed by atoms with Gasteiger partial charge in [-0.1, -0.05) is 6.07 Å². The standard InChI is InChI=1S/C17H20F2N4O3S/c1-2-22-11-13(10-20-22)21-17(24)12-6-8-23(9-7-12)27(25,26)16-14(18)4-3-5-15(16)19/h3-5,10-12H,2,6-9H2,1H3,(H,21,24). The molecule has 0 atom stereocenters. The maximum Gasteiger partial charge on any atom is 0.248 e. The monoisotopic (exact) mass is 398 g/mol. The molecular weight excluding hydrogens is 378 g/mol. The van der Waals surface area contributed by atoms with Crippen LogP contribution >= 0.6 is 0 Å². The highest BCUT2D eigenvalue weighted by molar-refractivity contribution is 7.89. The molecule has 0 bridgehead atoms. The van der Waals surface area contributed by atoms with Gasteiger partial charge in [0.1, 0.15) is 11.6 Å². The molecule has 0 unspecified atom stereocenters. The van der Waals surface area contributed by atoms with Crippen LogP contribution in [0, 0.1) is 17.6 Å². The Balaban J connectivity index is 1.65. The Labute approximate surface area is 156 Å². The molecule has 1 fully saturated rings. The minimum Gasteiger partial charge on any atom is -0.323 e. The molecule has 7 nitrogen and oxygen atoms in total. The molecule has 3 rings (SSSR count). The second-order valence-corrected chi connectivity index (χ2v) is 8.18. The highest BCUT2D eigenvalue weighted by Crippen LogP contribution is 2.27. The Bertz CT molecular complexity index is 917. The summed E-state index contributed by atoms with van der Waals surface area (Å²) in [4.78, 5) is 11.4. The molecule has 0 spiro atoms. The van der Waals surface area contributed by atoms with Crippen LogP contribution in [0.4, 0.5) is 14.5 Å². The third kappa shape index (κ3) is 4.01. The fourth-order valence-corrected chi connectivity index (χ4v) is 4.64. The molecular formula is C17H20F2N4O3S. The van der Waals surface area contributed by atoms with Crippen molar-refractivity contribution in [3.8, 4) is 0 Å². The van der Waals surface area contributed by atoms with Gasteiger partial charge in [0.25, 0.3) is 0 Å². The van der Waals surface area contributed by atoms with Gasteiger partial charge in [0.05, 0.1) is 11.9 Å². The number of sulfonamides is 1. The van der Waals surface area contributed by atoms with Gasteiger partial charge in [-0.15, -0.1) is 0 Å². The normalized spacial score (nSPS) is 16.4. The number of hydrogen-bond donors (Lipinski definition) is 1. The van der Waals surface area contributed by atoms with Crippen LogP contribution in [0.15, 0.2) is 35.5 Å². The third-order valence-electron chi connectivity index (χ3n) is 4.57. The topological polar surface area (TPSA) is 84.3 Å². The number of carbonyl (C=O) groups is 1. The lowest BCUT2D eigenvalue weighted by Gasteiger charge is -2.30. The zero-order valence-corrected chi connectivity index (χ0v) is 15.5. The van der Waals surface area contributed by atoms with Gasteiger partial charge >= 0.3 is 0 Å². The van der Waals surface area contributed by atoms with Crippen LogP contribution in [0.1, 0.15) is 19.8 Å². The molecule has 1 aromatic carbocycles. The van der Waals surface area contributed by atoms with Crippen molar-refractivity contribution >= 4 is 21.6 Å². The number of nitrogens with one attached hydrogen (secondary N) is 1. The van der Waals surface area contributed by atoms with E-state index in [0.29, 0.717) is 12.2 Å². The first-order chi connectivity index (χ1) is 12.8. The summed E-state index contributed by atoms with van der Waals surface area (Å²) in [6.45, 7) is 2.64. The molecule has 1 aliphatic rings. The van der Waals surface area contributed by atoms with Gasteiger partial charge < -0.3 is 5.32 Å². The SMILES string of the molecule is CCn1cc(NC(=O)C2CCN(S(=O)(=O)c3c(F)cccc3F)CC2)cn1. The van der Waals surface area contributed by atoms with Crippen molar-refractivity contribution in [2.24, 2.45) is 5.92 Å². The molecule has 2 aromatic rings. The van der Waals surface area contributed by atoms with Crippen LogP contribution in [0.5, 0.6) is 0 Å². The van der Waals surface area contributed by atoms with Gasteiger partial charge in [-0.2, -0.15) is 9.40 Å². The zero-order valence-electron chi connectivity index (χ0n) is 14.7. The summed E-state index contributed by atoms with van der Waals surface area (Å²) in [5, 5.41) is 6.83. The third-order valence-corrected chi connectivity index (χ3v) is 6.52. The Morgan fingerprint density at radius 2 is 1.89 bits per heavy atom. The number of aromatic nitrogens is 2. The molecule has 27 heavy (non-hydrogen) atoms. The molecule has 1 N–H and O–H groups in total. The second kappa shape index (κ2) is 7.73. The van der Waals surface area contributed by atoms with Crippen LogP contribution in [0.3, 0.4) is 0 Å². The van der Waals surface area contributed by atoms with E-state index in [9.17, 15) is 22.0 Å². The van der Waals surface area contributed by atoms with Crippen molar-refractivity contribution in [2.45, 2.75) is 31.2 Å². The van der Waals surface area contributed by atoms with E-state index in [0.717, 1.165) is 22.5 Å². The van der Waals surface area contributed by atoms with E-state index in [2.05, 4.69) is 10.4 Å². The number of aryl methyl sites for hydroxylation is 1. The summed E-state index contributed by atoms with van der Waals surface area (Å²) in [5.41, 5.74) is 0.574. The Morgan fingerprint density at radius 1 is 1.26 bits per heavy atom. The van der Waals surface area contributed by atoms with E-state index in [4.69, 9.17) is 0 Å². The summed E-state index contributed by atoms with van der Waals surface area (Å²) in [5.74, 6) is -2.85. The molecule has 1 amide bonds. The van der Waals surface area contributed by atoms with Crippen LogP contribution in [0.25, 0.3) is 0 Å². The second-order valence-electron chi connectivity index (χ2n) is 6.30. The molecule has 10 heteroatoms. The molecule has 1 aliphatic heterocycles. The molecule has 0 radical (unpaired) electrons. The number of anilines is 1. The number of amides is 1. The largest absolute Gasteiger partial charge is 0.323 e. The lowest BCUT2D eigenvalue weighted by molar-refractivity contribution is -0.120. The molecule has 2 heterocycles. The van der Waals surface area contributed by atoms with Gasteiger partial charge in [0, 0.05) is 31.7 Å². The summed E-state index contributed by atoms with van der Waals surface area (Å²) in [6, 6.07) is 2.93. The minimum absolute atomic E-state index is 0.0163. The van der Waals surface area contributed by atoms with Crippen LogP contribution in [0.2, 0.25) is 0 Å². The van der Waals surface area contributed by atoms with Gasteiger partial charge in [-0.3, -0.25) is 9.48 Å². The predicted molar refractivity (Wildman–Crippen MR) is 94.4 cm³/mol. The summed E-state index contributed by atoms with van der Waals surface area (Å²) < 4.78 is 55.6. The van der Waals surface area contributed by atoms with Crippen molar-refractivity contribution in [3.63, 3.8) is 0 Å². The first-order valence-electron chi connectivity index (χ1n) is 8.60. The molecule has 1 saturated heterocycles. The van der Waals surface area contributed by atoms with E-state index in [1.165, 1.54) is 0 Å². The van der Waals surface area contributed by atoms with Crippen molar-refractivity contribution in [1.82, 2.24) is 14.1 Å². The number of benzene rings is 1. The fourth-order valence-electron chi connectivity index (χ4n) is 3.06. The van der Waals surface area contributed by atoms with Crippen molar-refractivity contribution in [1.29, 1.82) is 0 Å². The van der Waals surface area contributed by atoms with Crippen LogP contribution < -0.4 is 5.32 Å². The van der Waals surface area contributed by atoms with E-state index in [1.54, 1.807) is 17.1 Å². The average molecular weight is 398 g/mol. The number of carbonyl (C=O) groups excluding carboxylic acids is 1. The van der Waals surface area contributed by atoms with Crippen LogP contribution in [-0.4, -0.2) is 41.5 Å². The summed E-state index contributed by atoms with van der Waals surface area (Å²) in [7, 11) is -4.29. The zero-order chi connectivity index (χ0) is 19.6. The van der Waals surface area contributed by atoms with E-state index < -0.39 is 26.6 Å². The van der Waals surface area contributed by atoms with Gasteiger partial charge in [0.2, 0.25) is 15.9 Å². The first-order valence-corrected chi connectivity index (χ1v) is 10.0. The predicted octanol–water partition coefficient (Wildman–Crippen LogP) is 2.22. The number of halogens is 2. The Kier molecular flexibility index (Phi) is 5.56. The maximum absolute atomic E-state index is 13.9. The lowest BCUT2D eigenvalue weighted by atomic mass is 9.97. The summed E-state index contributed by atoms with van der Waals surface area (Å²) in [6.07, 6.45) is 3.78. The highest BCUT2D eigenvalue weighted by Gasteiger charge is 2.35. The van der Waals surface area contributed by atoms with E-state index in [-0.39, 0.29) is 37.8 Å². The maximum atomic E-state index is 13.9. The first kappa shape index (κ1) is 19.4. The summed E-state index contributed by atoms with van der Waals surface area (Å²) >= 11 is 0. The van der Waals surface area contributed by atoms with Gasteiger partial charge in [-0.05, 0) is 31.9 Å². The van der Waals surface area contributed by atoms with Gasteiger partial charge in [-0.25, -0.2) is 17.2 Å². The molecule has 146 valence electrons. The molecule has 0 aliphatic carbocycles. The molecule has 0 saturated carbocycles. The molecule has 1 aromatic heterocycles. The number of hydrogen-bond acceptors (Lipinski definition) is 4. The number of rotatable bonds is 5. The van der Waals surface area contributed by atoms with E-state index in [1.807, 2.05) is 6.92 Å². The minimum atomic E-state index is -4.29. The highest BCUT2D eigenvalue weighted by atomic mass is 32.2. The lowest BCUT2D eigenvalue weighted by Crippen LogP contribution is -2.41. The van der Waals surface area contributed by atoms with Crippen molar-refractivity contribution < 1.29 is 22.0 Å². The Hall–Kier alpha value is -2.33. The Morgan fingerprint density at radius 3 is 2.44 bits per heavy atom. The quantitative estimate of drug-likeness (QED) is 0.837. The fraction of sp³-hybridized carbons (Fsp3) is 0.412. The van der Waals surface area contributed by atoms with Crippen molar-refractivity contribution in [2.75, 3.05) is 18.4 Å². The van der Waals surface area contributed by atoms with Crippen molar-refractivity contribution in [3.05, 3.63) is 42.2 Å². The number of nitrogens with zero attached hydrogens (tertiary/aromatic N) is 3. The average Bonchev–Trinajstić information content (AvgIpc) is 3.09. The van der Waals surface area contributed by atoms with Crippen LogP contribution in [-0.2, 0) is 21.4 Å². The number of piperidine rings is 1. The smallest absolute Gasteiger partial charge is 0.248 e. The van der Waals surface area contributed by atoms with E-state index >= 15 is 0 Å². The van der Waals surface area contributed by atoms with Gasteiger partial charge in [0.15, 0.2) is 4.90 Å².